The normalized spacial score (nSPS) is 25.1. The standard InChI is InChI=1S/C8H11NO2/c1-9-4-7(10)6-2-3-11-8(6)5-9/h2-3,7,10H,4-5H2,1H3. The number of aliphatic hydroxyl groups excluding tert-OH is 1. The number of β-amino-alcohol motifs (C(OH)–C–C–N with tert-alkyl or cyclic N) is 1. The van der Waals surface area contributed by atoms with E-state index in [9.17, 15) is 5.11 Å². The minimum atomic E-state index is -0.373. The van der Waals surface area contributed by atoms with Gasteiger partial charge in [0.15, 0.2) is 0 Å². The summed E-state index contributed by atoms with van der Waals surface area (Å²) in [4.78, 5) is 2.04. The van der Waals surface area contributed by atoms with E-state index >= 15 is 0 Å². The Labute approximate surface area is 65.2 Å². The average Bonchev–Trinajstić information content (AvgIpc) is 2.34. The molecule has 3 heteroatoms. The van der Waals surface area contributed by atoms with E-state index in [0.29, 0.717) is 6.54 Å². The van der Waals surface area contributed by atoms with Crippen LogP contribution in [0.15, 0.2) is 16.7 Å². The van der Waals surface area contributed by atoms with E-state index in [1.165, 1.54) is 0 Å². The van der Waals surface area contributed by atoms with Crippen LogP contribution in [0.25, 0.3) is 0 Å². The second-order valence-electron chi connectivity index (χ2n) is 3.01. The molecular formula is C8H11NO2. The van der Waals surface area contributed by atoms with Gasteiger partial charge in [0, 0.05) is 12.1 Å². The van der Waals surface area contributed by atoms with Gasteiger partial charge < -0.3 is 9.52 Å². The van der Waals surface area contributed by atoms with Crippen molar-refractivity contribution >= 4 is 0 Å². The summed E-state index contributed by atoms with van der Waals surface area (Å²) in [5.41, 5.74) is 0.947. The fraction of sp³-hybridized carbons (Fsp3) is 0.500. The van der Waals surface area contributed by atoms with Crippen molar-refractivity contribution in [3.63, 3.8) is 0 Å². The number of fused-ring (bicyclic) bond motifs is 1. The van der Waals surface area contributed by atoms with Gasteiger partial charge in [-0.3, -0.25) is 4.90 Å². The van der Waals surface area contributed by atoms with E-state index < -0.39 is 0 Å². The highest BCUT2D eigenvalue weighted by atomic mass is 16.3. The lowest BCUT2D eigenvalue weighted by molar-refractivity contribution is 0.1000. The predicted octanol–water partition coefficient (Wildman–Crippen LogP) is 0.758. The number of furan rings is 1. The van der Waals surface area contributed by atoms with Gasteiger partial charge in [-0.15, -0.1) is 0 Å². The van der Waals surface area contributed by atoms with E-state index in [1.54, 1.807) is 6.26 Å². The first kappa shape index (κ1) is 6.88. The van der Waals surface area contributed by atoms with Crippen molar-refractivity contribution in [2.45, 2.75) is 12.6 Å². The lowest BCUT2D eigenvalue weighted by Crippen LogP contribution is -2.29. The van der Waals surface area contributed by atoms with Gasteiger partial charge in [-0.25, -0.2) is 0 Å². The summed E-state index contributed by atoms with van der Waals surface area (Å²) >= 11 is 0. The minimum absolute atomic E-state index is 0.373. The third-order valence-electron chi connectivity index (χ3n) is 2.04. The summed E-state index contributed by atoms with van der Waals surface area (Å²) in [5.74, 6) is 0.895. The van der Waals surface area contributed by atoms with Crippen molar-refractivity contribution in [1.82, 2.24) is 4.90 Å². The van der Waals surface area contributed by atoms with Gasteiger partial charge in [-0.1, -0.05) is 0 Å². The molecule has 1 aromatic rings. The fourth-order valence-electron chi connectivity index (χ4n) is 1.48. The van der Waals surface area contributed by atoms with Crippen LogP contribution < -0.4 is 0 Å². The van der Waals surface area contributed by atoms with Crippen LogP contribution in [0, 0.1) is 0 Å². The summed E-state index contributed by atoms with van der Waals surface area (Å²) in [6.45, 7) is 1.51. The molecule has 60 valence electrons. The van der Waals surface area contributed by atoms with Crippen LogP contribution in [0.4, 0.5) is 0 Å². The monoisotopic (exact) mass is 153 g/mol. The molecule has 1 aliphatic rings. The van der Waals surface area contributed by atoms with Crippen LogP contribution in [0.1, 0.15) is 17.4 Å². The molecule has 0 aromatic carbocycles. The minimum Gasteiger partial charge on any atom is -0.468 e. The van der Waals surface area contributed by atoms with Gasteiger partial charge in [0.2, 0.25) is 0 Å². The van der Waals surface area contributed by atoms with Crippen molar-refractivity contribution in [3.8, 4) is 0 Å². The zero-order valence-electron chi connectivity index (χ0n) is 6.45. The maximum Gasteiger partial charge on any atom is 0.123 e. The van der Waals surface area contributed by atoms with Gasteiger partial charge in [0.05, 0.1) is 18.9 Å². The van der Waals surface area contributed by atoms with Crippen LogP contribution in [-0.4, -0.2) is 23.6 Å². The summed E-state index contributed by atoms with van der Waals surface area (Å²) in [7, 11) is 1.97. The maximum absolute atomic E-state index is 9.52. The number of hydrogen-bond acceptors (Lipinski definition) is 3. The van der Waals surface area contributed by atoms with E-state index in [4.69, 9.17) is 4.42 Å². The van der Waals surface area contributed by atoms with Gasteiger partial charge in [0.1, 0.15) is 5.76 Å². The molecule has 1 unspecified atom stereocenters. The van der Waals surface area contributed by atoms with Crippen LogP contribution >= 0.6 is 0 Å². The summed E-state index contributed by atoms with van der Waals surface area (Å²) in [5, 5.41) is 9.52. The van der Waals surface area contributed by atoms with Crippen molar-refractivity contribution in [2.24, 2.45) is 0 Å². The Balaban J connectivity index is 2.36. The SMILES string of the molecule is CN1Cc2occc2C(O)C1. The molecule has 2 rings (SSSR count). The fourth-order valence-corrected chi connectivity index (χ4v) is 1.48. The van der Waals surface area contributed by atoms with Crippen molar-refractivity contribution in [2.75, 3.05) is 13.6 Å². The van der Waals surface area contributed by atoms with E-state index in [2.05, 4.69) is 0 Å². The molecule has 0 saturated carbocycles. The van der Waals surface area contributed by atoms with E-state index in [0.717, 1.165) is 17.9 Å². The molecule has 0 amide bonds. The number of rotatable bonds is 0. The molecule has 2 heterocycles. The maximum atomic E-state index is 9.52. The molecule has 0 radical (unpaired) electrons. The van der Waals surface area contributed by atoms with Crippen LogP contribution in [0.3, 0.4) is 0 Å². The largest absolute Gasteiger partial charge is 0.468 e. The Morgan fingerprint density at radius 1 is 1.73 bits per heavy atom. The zero-order chi connectivity index (χ0) is 7.84. The van der Waals surface area contributed by atoms with E-state index in [-0.39, 0.29) is 6.10 Å². The molecule has 1 atom stereocenters. The van der Waals surface area contributed by atoms with Crippen molar-refractivity contribution < 1.29 is 9.52 Å². The number of aliphatic hydroxyl groups is 1. The quantitative estimate of drug-likeness (QED) is 0.597. The van der Waals surface area contributed by atoms with E-state index in [1.807, 2.05) is 18.0 Å². The van der Waals surface area contributed by atoms with Crippen LogP contribution in [-0.2, 0) is 6.54 Å². The Kier molecular flexibility index (Phi) is 1.47. The number of likely N-dealkylation sites (N-methyl/N-ethyl adjacent to an activating group) is 1. The lowest BCUT2D eigenvalue weighted by atomic mass is 10.1. The molecule has 0 aliphatic carbocycles. The Morgan fingerprint density at radius 3 is 3.36 bits per heavy atom. The van der Waals surface area contributed by atoms with Gasteiger partial charge in [0.25, 0.3) is 0 Å². The first-order valence-electron chi connectivity index (χ1n) is 3.70. The molecule has 0 fully saturated rings. The Hall–Kier alpha value is -0.800. The van der Waals surface area contributed by atoms with Crippen molar-refractivity contribution in [1.29, 1.82) is 0 Å². The van der Waals surface area contributed by atoms with Gasteiger partial charge in [-0.05, 0) is 13.1 Å². The number of hydrogen-bond donors (Lipinski definition) is 1. The number of nitrogens with zero attached hydrogens (tertiary/aromatic N) is 1. The molecule has 0 spiro atoms. The van der Waals surface area contributed by atoms with Crippen LogP contribution in [0.5, 0.6) is 0 Å². The highest BCUT2D eigenvalue weighted by Crippen LogP contribution is 2.25. The molecule has 11 heavy (non-hydrogen) atoms. The van der Waals surface area contributed by atoms with Gasteiger partial charge in [-0.2, -0.15) is 0 Å². The van der Waals surface area contributed by atoms with Crippen LogP contribution in [0.2, 0.25) is 0 Å². The third kappa shape index (κ3) is 1.06. The third-order valence-corrected chi connectivity index (χ3v) is 2.04. The second-order valence-corrected chi connectivity index (χ2v) is 3.01. The molecule has 1 aliphatic heterocycles. The molecule has 3 nitrogen and oxygen atoms in total. The zero-order valence-corrected chi connectivity index (χ0v) is 6.45. The first-order chi connectivity index (χ1) is 5.27. The first-order valence-corrected chi connectivity index (χ1v) is 3.70. The smallest absolute Gasteiger partial charge is 0.123 e. The van der Waals surface area contributed by atoms with Crippen molar-refractivity contribution in [3.05, 3.63) is 23.7 Å². The summed E-state index contributed by atoms with van der Waals surface area (Å²) in [6.07, 6.45) is 1.26. The topological polar surface area (TPSA) is 36.6 Å². The molecule has 1 N–H and O–H groups in total. The highest BCUT2D eigenvalue weighted by Gasteiger charge is 2.23. The average molecular weight is 153 g/mol. The summed E-state index contributed by atoms with van der Waals surface area (Å²) in [6, 6.07) is 1.84. The highest BCUT2D eigenvalue weighted by molar-refractivity contribution is 5.22. The molecule has 1 aromatic heterocycles. The molecular weight excluding hydrogens is 142 g/mol. The predicted molar refractivity (Wildman–Crippen MR) is 40.0 cm³/mol. The molecule has 0 saturated heterocycles. The Bertz CT molecular complexity index is 256. The molecule has 0 bridgehead atoms. The lowest BCUT2D eigenvalue weighted by Gasteiger charge is -2.25. The van der Waals surface area contributed by atoms with Gasteiger partial charge >= 0.3 is 0 Å². The second kappa shape index (κ2) is 2.36. The summed E-state index contributed by atoms with van der Waals surface area (Å²) < 4.78 is 5.20. The Morgan fingerprint density at radius 2 is 2.55 bits per heavy atom.